The van der Waals surface area contributed by atoms with E-state index < -0.39 is 10.0 Å². The number of rotatable bonds is 6. The van der Waals surface area contributed by atoms with Gasteiger partial charge in [-0.05, 0) is 43.4 Å². The maximum atomic E-state index is 12.1. The lowest BCUT2D eigenvalue weighted by atomic mass is 10.1. The Morgan fingerprint density at radius 3 is 2.68 bits per heavy atom. The Labute approximate surface area is 119 Å². The second-order valence-corrected chi connectivity index (χ2v) is 7.36. The van der Waals surface area contributed by atoms with Crippen molar-refractivity contribution in [2.45, 2.75) is 30.4 Å². The first-order chi connectivity index (χ1) is 8.90. The molecular weight excluding hydrogens is 280 g/mol. The van der Waals surface area contributed by atoms with Crippen LogP contribution in [0, 0.1) is 18.3 Å². The summed E-state index contributed by atoms with van der Waals surface area (Å²) in [6.07, 6.45) is 2.79. The average molecular weight is 298 g/mol. The Morgan fingerprint density at radius 2 is 2.16 bits per heavy atom. The van der Waals surface area contributed by atoms with Crippen LogP contribution >= 0.6 is 11.8 Å². The number of sulfonamides is 1. The van der Waals surface area contributed by atoms with Gasteiger partial charge < -0.3 is 0 Å². The van der Waals surface area contributed by atoms with Crippen molar-refractivity contribution >= 4 is 21.8 Å². The molecular formula is C13H18N2O2S2. The fraction of sp³-hybridized carbons (Fsp3) is 0.462. The number of benzene rings is 1. The lowest BCUT2D eigenvalue weighted by Crippen LogP contribution is -2.26. The first-order valence-electron chi connectivity index (χ1n) is 5.94. The number of nitriles is 1. The van der Waals surface area contributed by atoms with Gasteiger partial charge >= 0.3 is 0 Å². The summed E-state index contributed by atoms with van der Waals surface area (Å²) in [4.78, 5) is 0.209. The van der Waals surface area contributed by atoms with Crippen molar-refractivity contribution in [3.63, 3.8) is 0 Å². The van der Waals surface area contributed by atoms with Gasteiger partial charge in [0.05, 0.1) is 16.5 Å². The topological polar surface area (TPSA) is 70.0 Å². The van der Waals surface area contributed by atoms with E-state index in [0.717, 1.165) is 6.42 Å². The summed E-state index contributed by atoms with van der Waals surface area (Å²) < 4.78 is 26.7. The van der Waals surface area contributed by atoms with E-state index in [2.05, 4.69) is 11.6 Å². The quantitative estimate of drug-likeness (QED) is 0.874. The van der Waals surface area contributed by atoms with Crippen LogP contribution in [0.2, 0.25) is 0 Å². The maximum Gasteiger partial charge on any atom is 0.240 e. The fourth-order valence-electron chi connectivity index (χ4n) is 1.53. The largest absolute Gasteiger partial charge is 0.240 e. The Balaban J connectivity index is 2.78. The van der Waals surface area contributed by atoms with Gasteiger partial charge in [-0.1, -0.05) is 6.92 Å². The molecule has 0 aromatic heterocycles. The molecule has 0 radical (unpaired) electrons. The van der Waals surface area contributed by atoms with Crippen molar-refractivity contribution in [3.8, 4) is 6.07 Å². The van der Waals surface area contributed by atoms with E-state index in [1.165, 1.54) is 18.2 Å². The molecule has 0 bridgehead atoms. The predicted octanol–water partition coefficient (Wildman–Crippen LogP) is 2.29. The van der Waals surface area contributed by atoms with Gasteiger partial charge in [-0.25, -0.2) is 13.1 Å². The third-order valence-corrected chi connectivity index (χ3v) is 5.37. The number of aryl methyl sites for hydroxylation is 1. The molecule has 4 nitrogen and oxygen atoms in total. The predicted molar refractivity (Wildman–Crippen MR) is 78.7 cm³/mol. The summed E-state index contributed by atoms with van der Waals surface area (Å²) in [5, 5.41) is 9.25. The Hall–Kier alpha value is -1.03. The van der Waals surface area contributed by atoms with Crippen LogP contribution in [-0.4, -0.2) is 26.5 Å². The minimum atomic E-state index is -3.48. The lowest BCUT2D eigenvalue weighted by molar-refractivity contribution is 0.579. The van der Waals surface area contributed by atoms with E-state index in [-0.39, 0.29) is 4.90 Å². The molecule has 0 aliphatic carbocycles. The second kappa shape index (κ2) is 6.94. The van der Waals surface area contributed by atoms with Crippen LogP contribution in [0.15, 0.2) is 23.1 Å². The maximum absolute atomic E-state index is 12.1. The standard InChI is InChI=1S/C13H18N2O2S2/c1-10-8-13(5-4-12(10)9-14)19(16,17)15-7-6-11(2)18-3/h4-5,8,11,15H,6-7H2,1-3H3. The molecule has 0 spiro atoms. The highest BCUT2D eigenvalue weighted by Crippen LogP contribution is 2.15. The lowest BCUT2D eigenvalue weighted by Gasteiger charge is -2.10. The van der Waals surface area contributed by atoms with Crippen LogP contribution in [0.25, 0.3) is 0 Å². The molecule has 6 heteroatoms. The molecule has 0 aliphatic heterocycles. The molecule has 0 amide bonds. The highest BCUT2D eigenvalue weighted by atomic mass is 32.2. The minimum Gasteiger partial charge on any atom is -0.211 e. The van der Waals surface area contributed by atoms with Gasteiger partial charge in [-0.15, -0.1) is 0 Å². The SMILES string of the molecule is CSC(C)CCNS(=O)(=O)c1ccc(C#N)c(C)c1. The molecule has 1 unspecified atom stereocenters. The van der Waals surface area contributed by atoms with Crippen molar-refractivity contribution < 1.29 is 8.42 Å². The molecule has 0 fully saturated rings. The summed E-state index contributed by atoms with van der Waals surface area (Å²) in [7, 11) is -3.48. The summed E-state index contributed by atoms with van der Waals surface area (Å²) in [6.45, 7) is 4.21. The van der Waals surface area contributed by atoms with E-state index >= 15 is 0 Å². The summed E-state index contributed by atoms with van der Waals surface area (Å²) in [5.41, 5.74) is 1.16. The first kappa shape index (κ1) is 16.0. The van der Waals surface area contributed by atoms with E-state index in [4.69, 9.17) is 5.26 Å². The van der Waals surface area contributed by atoms with Gasteiger partial charge in [0.1, 0.15) is 0 Å². The number of nitrogens with zero attached hydrogens (tertiary/aromatic N) is 1. The van der Waals surface area contributed by atoms with E-state index in [9.17, 15) is 8.42 Å². The Bertz CT molecular complexity index is 577. The van der Waals surface area contributed by atoms with Crippen molar-refractivity contribution in [2.24, 2.45) is 0 Å². The molecule has 1 rings (SSSR count). The molecule has 104 valence electrons. The van der Waals surface area contributed by atoms with Crippen LogP contribution in [0.3, 0.4) is 0 Å². The van der Waals surface area contributed by atoms with Gasteiger partial charge in [-0.2, -0.15) is 17.0 Å². The first-order valence-corrected chi connectivity index (χ1v) is 8.71. The highest BCUT2D eigenvalue weighted by Gasteiger charge is 2.15. The molecule has 0 saturated carbocycles. The van der Waals surface area contributed by atoms with Crippen LogP contribution < -0.4 is 4.72 Å². The number of nitrogens with one attached hydrogen (secondary N) is 1. The van der Waals surface area contributed by atoms with E-state index in [1.54, 1.807) is 18.7 Å². The zero-order valence-corrected chi connectivity index (χ0v) is 12.9. The molecule has 19 heavy (non-hydrogen) atoms. The monoisotopic (exact) mass is 298 g/mol. The molecule has 0 heterocycles. The third kappa shape index (κ3) is 4.53. The van der Waals surface area contributed by atoms with Crippen LogP contribution in [0.1, 0.15) is 24.5 Å². The van der Waals surface area contributed by atoms with Crippen LogP contribution in [-0.2, 0) is 10.0 Å². The Morgan fingerprint density at radius 1 is 1.47 bits per heavy atom. The van der Waals surface area contributed by atoms with Gasteiger partial charge in [0.15, 0.2) is 0 Å². The normalized spacial score (nSPS) is 12.9. The van der Waals surface area contributed by atoms with Gasteiger partial charge in [0.25, 0.3) is 0 Å². The number of hydrogen-bond donors (Lipinski definition) is 1. The van der Waals surface area contributed by atoms with E-state index in [0.29, 0.717) is 22.9 Å². The van der Waals surface area contributed by atoms with Gasteiger partial charge in [-0.3, -0.25) is 0 Å². The molecule has 1 atom stereocenters. The molecule has 0 aliphatic rings. The van der Waals surface area contributed by atoms with Crippen LogP contribution in [0.5, 0.6) is 0 Å². The van der Waals surface area contributed by atoms with Gasteiger partial charge in [0.2, 0.25) is 10.0 Å². The summed E-state index contributed by atoms with van der Waals surface area (Å²) in [5.74, 6) is 0. The molecule has 1 N–H and O–H groups in total. The number of thioether (sulfide) groups is 1. The second-order valence-electron chi connectivity index (χ2n) is 4.32. The summed E-state index contributed by atoms with van der Waals surface area (Å²) in [6, 6.07) is 6.55. The van der Waals surface area contributed by atoms with Crippen molar-refractivity contribution in [2.75, 3.05) is 12.8 Å². The number of hydrogen-bond acceptors (Lipinski definition) is 4. The van der Waals surface area contributed by atoms with Crippen LogP contribution in [0.4, 0.5) is 0 Å². The zero-order valence-electron chi connectivity index (χ0n) is 11.3. The fourth-order valence-corrected chi connectivity index (χ4v) is 3.01. The van der Waals surface area contributed by atoms with Crippen molar-refractivity contribution in [1.29, 1.82) is 5.26 Å². The third-order valence-electron chi connectivity index (χ3n) is 2.87. The van der Waals surface area contributed by atoms with Crippen molar-refractivity contribution in [3.05, 3.63) is 29.3 Å². The average Bonchev–Trinajstić information content (AvgIpc) is 2.38. The van der Waals surface area contributed by atoms with E-state index in [1.807, 2.05) is 12.3 Å². The zero-order chi connectivity index (χ0) is 14.5. The summed E-state index contributed by atoms with van der Waals surface area (Å²) >= 11 is 1.71. The molecule has 0 saturated heterocycles. The van der Waals surface area contributed by atoms with Crippen molar-refractivity contribution in [1.82, 2.24) is 4.72 Å². The molecule has 1 aromatic rings. The highest BCUT2D eigenvalue weighted by molar-refractivity contribution is 7.99. The smallest absolute Gasteiger partial charge is 0.211 e. The molecule has 1 aromatic carbocycles. The van der Waals surface area contributed by atoms with Gasteiger partial charge in [0, 0.05) is 11.8 Å². The Kier molecular flexibility index (Phi) is 5.85. The minimum absolute atomic E-state index is 0.209.